The topological polar surface area (TPSA) is 12.0 Å². The summed E-state index contributed by atoms with van der Waals surface area (Å²) in [6.07, 6.45) is 0. The fourth-order valence-corrected chi connectivity index (χ4v) is 2.67. The Morgan fingerprint density at radius 1 is 1.25 bits per heavy atom. The van der Waals surface area contributed by atoms with Crippen molar-refractivity contribution in [3.05, 3.63) is 55.6 Å². The third kappa shape index (κ3) is 3.32. The van der Waals surface area contributed by atoms with Crippen LogP contribution in [0.2, 0.25) is 5.02 Å². The van der Waals surface area contributed by atoms with E-state index < -0.39 is 0 Å². The van der Waals surface area contributed by atoms with Crippen molar-refractivity contribution in [1.82, 2.24) is 5.32 Å². The Labute approximate surface area is 113 Å². The van der Waals surface area contributed by atoms with Crippen LogP contribution in [0.5, 0.6) is 0 Å². The molecule has 0 aliphatic carbocycles. The zero-order valence-corrected chi connectivity index (χ0v) is 11.7. The summed E-state index contributed by atoms with van der Waals surface area (Å²) >= 11 is 11.2. The Morgan fingerprint density at radius 2 is 2.12 bits per heavy atom. The Bertz CT molecular complexity index is 456. The molecule has 0 fully saturated rings. The van der Waals surface area contributed by atoms with Gasteiger partial charge in [-0.25, -0.2) is 0 Å². The van der Waals surface area contributed by atoms with Crippen LogP contribution in [-0.4, -0.2) is 0 Å². The highest BCUT2D eigenvalue weighted by Crippen LogP contribution is 2.21. The van der Waals surface area contributed by atoms with Crippen molar-refractivity contribution in [3.63, 3.8) is 0 Å². The maximum absolute atomic E-state index is 5.95. The zero-order chi connectivity index (χ0) is 11.4. The molecule has 1 aromatic heterocycles. The van der Waals surface area contributed by atoms with Gasteiger partial charge in [-0.05, 0) is 35.2 Å². The molecule has 0 aliphatic heterocycles. The van der Waals surface area contributed by atoms with Crippen LogP contribution in [-0.2, 0) is 13.1 Å². The lowest BCUT2D eigenvalue weighted by atomic mass is 10.2. The minimum Gasteiger partial charge on any atom is -0.308 e. The maximum Gasteiger partial charge on any atom is 0.0410 e. The van der Waals surface area contributed by atoms with Crippen molar-refractivity contribution in [2.24, 2.45) is 0 Å². The molecule has 0 saturated carbocycles. The van der Waals surface area contributed by atoms with Crippen molar-refractivity contribution in [2.75, 3.05) is 0 Å². The number of halogens is 2. The molecule has 0 bridgehead atoms. The van der Waals surface area contributed by atoms with Crippen LogP contribution in [0.15, 0.2) is 40.2 Å². The van der Waals surface area contributed by atoms with Gasteiger partial charge in [-0.3, -0.25) is 0 Å². The first-order chi connectivity index (χ1) is 7.75. The van der Waals surface area contributed by atoms with E-state index in [1.165, 1.54) is 10.4 Å². The van der Waals surface area contributed by atoms with E-state index in [1.807, 2.05) is 18.2 Å². The van der Waals surface area contributed by atoms with E-state index in [1.54, 1.807) is 11.3 Å². The second-order valence-corrected chi connectivity index (χ2v) is 5.74. The van der Waals surface area contributed by atoms with Gasteiger partial charge in [0.2, 0.25) is 0 Å². The van der Waals surface area contributed by atoms with Gasteiger partial charge < -0.3 is 5.32 Å². The molecule has 1 N–H and O–H groups in total. The summed E-state index contributed by atoms with van der Waals surface area (Å²) in [6.45, 7) is 1.72. The van der Waals surface area contributed by atoms with Crippen LogP contribution in [0, 0.1) is 0 Å². The summed E-state index contributed by atoms with van der Waals surface area (Å²) < 4.78 is 1.09. The molecule has 0 saturated heterocycles. The van der Waals surface area contributed by atoms with E-state index in [0.29, 0.717) is 0 Å². The third-order valence-electron chi connectivity index (χ3n) is 2.20. The average molecular weight is 317 g/mol. The van der Waals surface area contributed by atoms with E-state index >= 15 is 0 Å². The summed E-state index contributed by atoms with van der Waals surface area (Å²) in [7, 11) is 0. The van der Waals surface area contributed by atoms with Crippen molar-refractivity contribution >= 4 is 38.9 Å². The lowest BCUT2D eigenvalue weighted by molar-refractivity contribution is 0.699. The minimum absolute atomic E-state index is 0.774. The van der Waals surface area contributed by atoms with Crippen LogP contribution >= 0.6 is 38.9 Å². The Balaban J connectivity index is 1.92. The molecule has 1 heterocycles. The molecule has 4 heteroatoms. The van der Waals surface area contributed by atoms with E-state index in [2.05, 4.69) is 38.8 Å². The first-order valence-electron chi connectivity index (χ1n) is 4.93. The van der Waals surface area contributed by atoms with Gasteiger partial charge in [-0.2, -0.15) is 0 Å². The molecular formula is C12H11BrClNS. The summed E-state index contributed by atoms with van der Waals surface area (Å²) in [5, 5.41) is 6.26. The van der Waals surface area contributed by atoms with E-state index in [4.69, 9.17) is 11.6 Å². The number of benzene rings is 1. The van der Waals surface area contributed by atoms with Crippen molar-refractivity contribution in [2.45, 2.75) is 13.1 Å². The first kappa shape index (κ1) is 12.1. The van der Waals surface area contributed by atoms with E-state index in [0.717, 1.165) is 22.6 Å². The smallest absolute Gasteiger partial charge is 0.0410 e. The summed E-state index contributed by atoms with van der Waals surface area (Å²) in [6, 6.07) is 10.0. The molecule has 16 heavy (non-hydrogen) atoms. The quantitative estimate of drug-likeness (QED) is 0.878. The van der Waals surface area contributed by atoms with Crippen LogP contribution in [0.1, 0.15) is 10.4 Å². The van der Waals surface area contributed by atoms with E-state index in [-0.39, 0.29) is 0 Å². The molecule has 84 valence electrons. The summed E-state index contributed by atoms with van der Waals surface area (Å²) in [5.74, 6) is 0. The summed E-state index contributed by atoms with van der Waals surface area (Å²) in [5.41, 5.74) is 1.18. The predicted octanol–water partition coefficient (Wildman–Crippen LogP) is 4.45. The van der Waals surface area contributed by atoms with Gasteiger partial charge in [0.25, 0.3) is 0 Å². The maximum atomic E-state index is 5.95. The Morgan fingerprint density at radius 3 is 2.88 bits per heavy atom. The highest BCUT2D eigenvalue weighted by Gasteiger charge is 2.00. The molecule has 0 atom stereocenters. The molecule has 0 aliphatic rings. The molecular weight excluding hydrogens is 306 g/mol. The van der Waals surface area contributed by atoms with Gasteiger partial charge in [0.05, 0.1) is 0 Å². The number of hydrogen-bond donors (Lipinski definition) is 1. The zero-order valence-electron chi connectivity index (χ0n) is 8.54. The first-order valence-corrected chi connectivity index (χ1v) is 6.98. The fourth-order valence-electron chi connectivity index (χ4n) is 1.41. The SMILES string of the molecule is Clc1ccc(Br)c(CNCc2cccs2)c1. The normalized spacial score (nSPS) is 10.6. The lowest BCUT2D eigenvalue weighted by Crippen LogP contribution is -2.12. The average Bonchev–Trinajstić information content (AvgIpc) is 2.76. The lowest BCUT2D eigenvalue weighted by Gasteiger charge is -2.06. The highest BCUT2D eigenvalue weighted by atomic mass is 79.9. The second-order valence-electron chi connectivity index (χ2n) is 3.42. The Kier molecular flexibility index (Phi) is 4.41. The Hall–Kier alpha value is -0.350. The fraction of sp³-hybridized carbons (Fsp3) is 0.167. The molecule has 0 unspecified atom stereocenters. The third-order valence-corrected chi connectivity index (χ3v) is 4.09. The predicted molar refractivity (Wildman–Crippen MR) is 74.0 cm³/mol. The standard InChI is InChI=1S/C12H11BrClNS/c13-12-4-3-10(14)6-9(12)7-15-8-11-2-1-5-16-11/h1-6,15H,7-8H2. The molecule has 0 spiro atoms. The van der Waals surface area contributed by atoms with Gasteiger partial charge in [0, 0.05) is 27.5 Å². The van der Waals surface area contributed by atoms with Crippen molar-refractivity contribution in [1.29, 1.82) is 0 Å². The number of hydrogen-bond acceptors (Lipinski definition) is 2. The van der Waals surface area contributed by atoms with Crippen LogP contribution < -0.4 is 5.32 Å². The molecule has 0 amide bonds. The van der Waals surface area contributed by atoms with Crippen molar-refractivity contribution < 1.29 is 0 Å². The molecule has 0 radical (unpaired) electrons. The van der Waals surface area contributed by atoms with Gasteiger partial charge in [0.15, 0.2) is 0 Å². The monoisotopic (exact) mass is 315 g/mol. The van der Waals surface area contributed by atoms with Gasteiger partial charge >= 0.3 is 0 Å². The van der Waals surface area contributed by atoms with Gasteiger partial charge in [0.1, 0.15) is 0 Å². The van der Waals surface area contributed by atoms with Crippen LogP contribution in [0.4, 0.5) is 0 Å². The minimum atomic E-state index is 0.774. The largest absolute Gasteiger partial charge is 0.308 e. The van der Waals surface area contributed by atoms with Crippen LogP contribution in [0.25, 0.3) is 0 Å². The van der Waals surface area contributed by atoms with Gasteiger partial charge in [-0.1, -0.05) is 33.6 Å². The second kappa shape index (κ2) is 5.82. The molecule has 1 nitrogen and oxygen atoms in total. The van der Waals surface area contributed by atoms with Crippen molar-refractivity contribution in [3.8, 4) is 0 Å². The summed E-state index contributed by atoms with van der Waals surface area (Å²) in [4.78, 5) is 1.35. The molecule has 1 aromatic carbocycles. The number of thiophene rings is 1. The van der Waals surface area contributed by atoms with E-state index in [9.17, 15) is 0 Å². The molecule has 2 rings (SSSR count). The number of nitrogens with one attached hydrogen (secondary N) is 1. The van der Waals surface area contributed by atoms with Crippen LogP contribution in [0.3, 0.4) is 0 Å². The molecule has 2 aromatic rings. The number of rotatable bonds is 4. The van der Waals surface area contributed by atoms with Gasteiger partial charge in [-0.15, -0.1) is 11.3 Å². The highest BCUT2D eigenvalue weighted by molar-refractivity contribution is 9.10.